The lowest BCUT2D eigenvalue weighted by Crippen LogP contribution is -2.29. The van der Waals surface area contributed by atoms with E-state index >= 15 is 0 Å². The number of benzene rings is 1. The molecule has 0 aromatic heterocycles. The molecule has 0 aliphatic heterocycles. The first kappa shape index (κ1) is 15.0. The van der Waals surface area contributed by atoms with E-state index in [0.717, 1.165) is 12.8 Å². The molecule has 0 fully saturated rings. The fourth-order valence-electron chi connectivity index (χ4n) is 1.31. The molecule has 1 N–H and O–H groups in total. The van der Waals surface area contributed by atoms with Crippen molar-refractivity contribution in [1.82, 2.24) is 4.72 Å². The van der Waals surface area contributed by atoms with Crippen molar-refractivity contribution in [1.29, 1.82) is 0 Å². The van der Waals surface area contributed by atoms with Crippen molar-refractivity contribution in [3.8, 4) is 0 Å². The normalized spacial score (nSPS) is 13.6. The molecule has 3 nitrogen and oxygen atoms in total. The SMILES string of the molecule is CCCC(Br)CNS(=O)(=O)c1ccc(Cl)cc1. The minimum Gasteiger partial charge on any atom is -0.210 e. The van der Waals surface area contributed by atoms with E-state index in [2.05, 4.69) is 27.6 Å². The van der Waals surface area contributed by atoms with Crippen LogP contribution in [0.15, 0.2) is 29.2 Å². The molecule has 0 spiro atoms. The number of hydrogen-bond acceptors (Lipinski definition) is 2. The topological polar surface area (TPSA) is 46.2 Å². The molecular weight excluding hydrogens is 326 g/mol. The van der Waals surface area contributed by atoms with Crippen molar-refractivity contribution in [3.63, 3.8) is 0 Å². The Morgan fingerprint density at radius 2 is 1.94 bits per heavy atom. The van der Waals surface area contributed by atoms with Gasteiger partial charge in [0.25, 0.3) is 0 Å². The summed E-state index contributed by atoms with van der Waals surface area (Å²) in [6.45, 7) is 2.45. The van der Waals surface area contributed by atoms with Gasteiger partial charge in [0.05, 0.1) is 4.90 Å². The molecule has 0 aliphatic carbocycles. The fraction of sp³-hybridized carbons (Fsp3) is 0.455. The predicted octanol–water partition coefficient (Wildman–Crippen LogP) is 3.18. The van der Waals surface area contributed by atoms with Gasteiger partial charge in [-0.2, -0.15) is 0 Å². The minimum atomic E-state index is -3.43. The molecule has 1 rings (SSSR count). The molecule has 0 saturated carbocycles. The van der Waals surface area contributed by atoms with Crippen LogP contribution >= 0.6 is 27.5 Å². The second-order valence-corrected chi connectivity index (χ2v) is 7.19. The van der Waals surface area contributed by atoms with E-state index < -0.39 is 10.0 Å². The van der Waals surface area contributed by atoms with Crippen LogP contribution in [0.1, 0.15) is 19.8 Å². The lowest BCUT2D eigenvalue weighted by atomic mass is 10.2. The first-order chi connectivity index (χ1) is 7.95. The highest BCUT2D eigenvalue weighted by atomic mass is 79.9. The summed E-state index contributed by atoms with van der Waals surface area (Å²) in [4.78, 5) is 0.396. The molecule has 1 unspecified atom stereocenters. The molecule has 17 heavy (non-hydrogen) atoms. The smallest absolute Gasteiger partial charge is 0.210 e. The number of halogens is 2. The first-order valence-electron chi connectivity index (χ1n) is 5.35. The summed E-state index contributed by atoms with van der Waals surface area (Å²) in [5.41, 5.74) is 0. The Balaban J connectivity index is 2.66. The van der Waals surface area contributed by atoms with Gasteiger partial charge in [0.15, 0.2) is 0 Å². The summed E-state index contributed by atoms with van der Waals surface area (Å²) in [6, 6.07) is 6.11. The average Bonchev–Trinajstić information content (AvgIpc) is 2.28. The van der Waals surface area contributed by atoms with Gasteiger partial charge >= 0.3 is 0 Å². The van der Waals surface area contributed by atoms with Gasteiger partial charge in [0.1, 0.15) is 0 Å². The van der Waals surface area contributed by atoms with Crippen molar-refractivity contribution in [2.75, 3.05) is 6.54 Å². The Morgan fingerprint density at radius 1 is 1.35 bits per heavy atom. The van der Waals surface area contributed by atoms with E-state index in [1.807, 2.05) is 0 Å². The van der Waals surface area contributed by atoms with Gasteiger partial charge in [-0.25, -0.2) is 13.1 Å². The Labute approximate surface area is 116 Å². The second-order valence-electron chi connectivity index (χ2n) is 3.69. The molecule has 0 amide bonds. The molecule has 1 aromatic rings. The van der Waals surface area contributed by atoms with Crippen molar-refractivity contribution < 1.29 is 8.42 Å². The van der Waals surface area contributed by atoms with Crippen LogP contribution in [0.5, 0.6) is 0 Å². The van der Waals surface area contributed by atoms with Crippen LogP contribution in [0, 0.1) is 0 Å². The molecule has 0 aliphatic rings. The molecule has 96 valence electrons. The van der Waals surface area contributed by atoms with E-state index in [-0.39, 0.29) is 9.72 Å². The predicted molar refractivity (Wildman–Crippen MR) is 74.3 cm³/mol. The number of sulfonamides is 1. The zero-order valence-corrected chi connectivity index (χ0v) is 12.6. The third kappa shape index (κ3) is 4.95. The maximum absolute atomic E-state index is 11.9. The summed E-state index contributed by atoms with van der Waals surface area (Å²) in [5.74, 6) is 0. The highest BCUT2D eigenvalue weighted by molar-refractivity contribution is 9.09. The van der Waals surface area contributed by atoms with E-state index in [4.69, 9.17) is 11.6 Å². The van der Waals surface area contributed by atoms with Gasteiger partial charge in [-0.05, 0) is 30.7 Å². The number of alkyl halides is 1. The minimum absolute atomic E-state index is 0.162. The molecule has 0 saturated heterocycles. The summed E-state index contributed by atoms with van der Waals surface area (Å²) < 4.78 is 26.3. The quantitative estimate of drug-likeness (QED) is 0.808. The Hall–Kier alpha value is -0.100. The van der Waals surface area contributed by atoms with Gasteiger partial charge < -0.3 is 0 Å². The maximum Gasteiger partial charge on any atom is 0.240 e. The molecular formula is C11H15BrClNO2S. The van der Waals surface area contributed by atoms with Crippen LogP contribution in [-0.4, -0.2) is 19.8 Å². The standard InChI is InChI=1S/C11H15BrClNO2S/c1-2-3-9(12)8-14-17(15,16)11-6-4-10(13)5-7-11/h4-7,9,14H,2-3,8H2,1H3. The van der Waals surface area contributed by atoms with Gasteiger partial charge in [0, 0.05) is 16.4 Å². The molecule has 6 heteroatoms. The van der Waals surface area contributed by atoms with Crippen molar-refractivity contribution in [3.05, 3.63) is 29.3 Å². The van der Waals surface area contributed by atoms with Gasteiger partial charge in [-0.3, -0.25) is 0 Å². The van der Waals surface area contributed by atoms with Crippen LogP contribution in [-0.2, 0) is 10.0 Å². The summed E-state index contributed by atoms with van der Waals surface area (Å²) in [7, 11) is -3.43. The summed E-state index contributed by atoms with van der Waals surface area (Å²) in [6.07, 6.45) is 1.95. The van der Waals surface area contributed by atoms with Gasteiger partial charge in [-0.15, -0.1) is 0 Å². The van der Waals surface area contributed by atoms with Gasteiger partial charge in [-0.1, -0.05) is 40.9 Å². The maximum atomic E-state index is 11.9. The third-order valence-electron chi connectivity index (χ3n) is 2.22. The molecule has 0 radical (unpaired) electrons. The Morgan fingerprint density at radius 3 is 2.47 bits per heavy atom. The number of rotatable bonds is 6. The Kier molecular flexibility index (Phi) is 5.92. The highest BCUT2D eigenvalue weighted by Crippen LogP contribution is 2.14. The van der Waals surface area contributed by atoms with Crippen molar-refractivity contribution in [2.45, 2.75) is 29.5 Å². The molecule has 1 atom stereocenters. The molecule has 1 aromatic carbocycles. The Bertz CT molecular complexity index is 447. The summed E-state index contributed by atoms with van der Waals surface area (Å²) >= 11 is 9.13. The molecule has 0 heterocycles. The van der Waals surface area contributed by atoms with E-state index in [0.29, 0.717) is 11.6 Å². The van der Waals surface area contributed by atoms with Gasteiger partial charge in [0.2, 0.25) is 10.0 Å². The highest BCUT2D eigenvalue weighted by Gasteiger charge is 2.15. The first-order valence-corrected chi connectivity index (χ1v) is 8.12. The van der Waals surface area contributed by atoms with Crippen LogP contribution in [0.25, 0.3) is 0 Å². The van der Waals surface area contributed by atoms with Crippen LogP contribution in [0.2, 0.25) is 5.02 Å². The number of nitrogens with one attached hydrogen (secondary N) is 1. The molecule has 0 bridgehead atoms. The van der Waals surface area contributed by atoms with Crippen molar-refractivity contribution >= 4 is 37.6 Å². The monoisotopic (exact) mass is 339 g/mol. The van der Waals surface area contributed by atoms with Crippen LogP contribution in [0.3, 0.4) is 0 Å². The number of hydrogen-bond donors (Lipinski definition) is 1. The lowest BCUT2D eigenvalue weighted by molar-refractivity contribution is 0.578. The third-order valence-corrected chi connectivity index (χ3v) is 4.69. The van der Waals surface area contributed by atoms with Crippen molar-refractivity contribution in [2.24, 2.45) is 0 Å². The van der Waals surface area contributed by atoms with Crippen LogP contribution < -0.4 is 4.72 Å². The van der Waals surface area contributed by atoms with E-state index in [9.17, 15) is 8.42 Å². The fourth-order valence-corrected chi connectivity index (χ4v) is 3.35. The second kappa shape index (κ2) is 6.73. The zero-order valence-electron chi connectivity index (χ0n) is 9.49. The largest absolute Gasteiger partial charge is 0.240 e. The lowest BCUT2D eigenvalue weighted by Gasteiger charge is -2.10. The van der Waals surface area contributed by atoms with E-state index in [1.165, 1.54) is 12.1 Å². The van der Waals surface area contributed by atoms with Crippen LogP contribution in [0.4, 0.5) is 0 Å². The average molecular weight is 341 g/mol. The van der Waals surface area contributed by atoms with E-state index in [1.54, 1.807) is 12.1 Å². The summed E-state index contributed by atoms with van der Waals surface area (Å²) in [5, 5.41) is 0.522. The zero-order chi connectivity index (χ0) is 12.9.